The van der Waals surface area contributed by atoms with Gasteiger partial charge in [-0.25, -0.2) is 4.98 Å². The number of aromatic nitrogens is 2. The molecule has 0 saturated heterocycles. The molecule has 0 atom stereocenters. The average Bonchev–Trinajstić information content (AvgIpc) is 2.34. The van der Waals surface area contributed by atoms with Crippen LogP contribution in [0, 0.1) is 0 Å². The maximum absolute atomic E-state index is 5.49. The fraction of sp³-hybridized carbons (Fsp3) is 0.556. The van der Waals surface area contributed by atoms with E-state index in [2.05, 4.69) is 4.98 Å². The molecule has 0 N–H and O–H groups in total. The van der Waals surface area contributed by atoms with Crippen LogP contribution in [0.5, 0.6) is 0 Å². The molecule has 0 saturated carbocycles. The molecule has 0 bridgehead atoms. The van der Waals surface area contributed by atoms with Gasteiger partial charge in [0.25, 0.3) is 0 Å². The Balaban J connectivity index is 2.43. The summed E-state index contributed by atoms with van der Waals surface area (Å²) in [6.07, 6.45) is 5.30. The highest BCUT2D eigenvalue weighted by Gasteiger charge is 2.13. The third kappa shape index (κ3) is 4.03. The molecule has 1 aromatic rings. The third-order valence-electron chi connectivity index (χ3n) is 1.29. The summed E-state index contributed by atoms with van der Waals surface area (Å²) < 4.78 is 7.38. The van der Waals surface area contributed by atoms with Gasteiger partial charge in [-0.05, 0) is 33.0 Å². The quantitative estimate of drug-likeness (QED) is 0.680. The lowest BCUT2D eigenvalue weighted by Gasteiger charge is -2.21. The molecule has 4 heteroatoms. The first kappa shape index (κ1) is 10.2. The summed E-state index contributed by atoms with van der Waals surface area (Å²) in [6.45, 7) is 6.53. The van der Waals surface area contributed by atoms with Crippen LogP contribution >= 0.6 is 12.2 Å². The highest BCUT2D eigenvalue weighted by Crippen LogP contribution is 2.08. The Kier molecular flexibility index (Phi) is 3.03. The van der Waals surface area contributed by atoms with Gasteiger partial charge in [0.15, 0.2) is 5.05 Å². The molecular weight excluding hydrogens is 184 g/mol. The molecular formula is C9H14N2OS. The van der Waals surface area contributed by atoms with Gasteiger partial charge < -0.3 is 9.30 Å². The van der Waals surface area contributed by atoms with Crippen molar-refractivity contribution in [1.29, 1.82) is 0 Å². The van der Waals surface area contributed by atoms with Gasteiger partial charge in [0, 0.05) is 12.4 Å². The van der Waals surface area contributed by atoms with E-state index in [1.165, 1.54) is 0 Å². The number of thiocarbonyl (C=S) groups is 1. The SMILES string of the molecule is CC(C)(C)OC(=S)Cn1ccnc1. The Morgan fingerprint density at radius 1 is 1.54 bits per heavy atom. The van der Waals surface area contributed by atoms with E-state index in [4.69, 9.17) is 17.0 Å². The van der Waals surface area contributed by atoms with E-state index >= 15 is 0 Å². The lowest BCUT2D eigenvalue weighted by atomic mass is 10.2. The van der Waals surface area contributed by atoms with Gasteiger partial charge in [0.05, 0.1) is 12.9 Å². The van der Waals surface area contributed by atoms with Crippen molar-refractivity contribution in [3.05, 3.63) is 18.7 Å². The van der Waals surface area contributed by atoms with Gasteiger partial charge in [-0.15, -0.1) is 0 Å². The lowest BCUT2D eigenvalue weighted by Crippen LogP contribution is -2.25. The smallest absolute Gasteiger partial charge is 0.180 e. The van der Waals surface area contributed by atoms with Gasteiger partial charge in [-0.2, -0.15) is 0 Å². The minimum absolute atomic E-state index is 0.211. The maximum atomic E-state index is 5.49. The summed E-state index contributed by atoms with van der Waals surface area (Å²) in [5.74, 6) is 0. The second kappa shape index (κ2) is 3.87. The van der Waals surface area contributed by atoms with Gasteiger partial charge in [0.1, 0.15) is 5.60 Å². The van der Waals surface area contributed by atoms with Crippen molar-refractivity contribution in [2.24, 2.45) is 0 Å². The van der Waals surface area contributed by atoms with E-state index < -0.39 is 0 Å². The van der Waals surface area contributed by atoms with Gasteiger partial charge in [-0.1, -0.05) is 0 Å². The summed E-state index contributed by atoms with van der Waals surface area (Å²) in [6, 6.07) is 0. The van der Waals surface area contributed by atoms with Crippen molar-refractivity contribution in [3.8, 4) is 0 Å². The molecule has 13 heavy (non-hydrogen) atoms. The van der Waals surface area contributed by atoms with Crippen molar-refractivity contribution in [2.75, 3.05) is 0 Å². The third-order valence-corrected chi connectivity index (χ3v) is 1.50. The van der Waals surface area contributed by atoms with Crippen LogP contribution in [0.3, 0.4) is 0 Å². The largest absolute Gasteiger partial charge is 0.480 e. The number of imidazole rings is 1. The molecule has 0 radical (unpaired) electrons. The van der Waals surface area contributed by atoms with Crippen LogP contribution in [0.25, 0.3) is 0 Å². The zero-order chi connectivity index (χ0) is 9.90. The molecule has 3 nitrogen and oxygen atoms in total. The Bertz CT molecular complexity index is 274. The first-order valence-corrected chi connectivity index (χ1v) is 4.56. The van der Waals surface area contributed by atoms with Crippen molar-refractivity contribution in [2.45, 2.75) is 32.9 Å². The van der Waals surface area contributed by atoms with E-state index in [0.717, 1.165) is 0 Å². The summed E-state index contributed by atoms with van der Waals surface area (Å²) in [4.78, 5) is 3.92. The van der Waals surface area contributed by atoms with Crippen molar-refractivity contribution in [3.63, 3.8) is 0 Å². The van der Waals surface area contributed by atoms with Crippen LogP contribution < -0.4 is 0 Å². The van der Waals surface area contributed by atoms with Crippen LogP contribution in [-0.2, 0) is 11.3 Å². The molecule has 0 aliphatic heterocycles. The molecule has 72 valence electrons. The Morgan fingerprint density at radius 3 is 2.69 bits per heavy atom. The van der Waals surface area contributed by atoms with Crippen molar-refractivity contribution < 1.29 is 4.74 Å². The van der Waals surface area contributed by atoms with Crippen LogP contribution in [-0.4, -0.2) is 20.2 Å². The van der Waals surface area contributed by atoms with Crippen LogP contribution in [0.15, 0.2) is 18.7 Å². The van der Waals surface area contributed by atoms with E-state index in [1.54, 1.807) is 12.5 Å². The van der Waals surface area contributed by atoms with Crippen LogP contribution in [0.4, 0.5) is 0 Å². The fourth-order valence-electron chi connectivity index (χ4n) is 0.903. The van der Waals surface area contributed by atoms with E-state index in [0.29, 0.717) is 11.6 Å². The van der Waals surface area contributed by atoms with Gasteiger partial charge in [-0.3, -0.25) is 0 Å². The summed E-state index contributed by atoms with van der Waals surface area (Å²) in [5, 5.41) is 0.588. The number of rotatable bonds is 2. The Labute approximate surface area is 83.7 Å². The monoisotopic (exact) mass is 198 g/mol. The Hall–Kier alpha value is -0.900. The van der Waals surface area contributed by atoms with Crippen molar-refractivity contribution in [1.82, 2.24) is 9.55 Å². The normalized spacial score (nSPS) is 11.3. The van der Waals surface area contributed by atoms with Gasteiger partial charge in [0.2, 0.25) is 0 Å². The average molecular weight is 198 g/mol. The number of ether oxygens (including phenoxy) is 1. The minimum atomic E-state index is -0.211. The lowest BCUT2D eigenvalue weighted by molar-refractivity contribution is 0.116. The zero-order valence-corrected chi connectivity index (χ0v) is 8.97. The molecule has 1 rings (SSSR count). The first-order chi connectivity index (χ1) is 5.97. The molecule has 0 unspecified atom stereocenters. The predicted molar refractivity (Wildman–Crippen MR) is 55.7 cm³/mol. The first-order valence-electron chi connectivity index (χ1n) is 4.15. The highest BCUT2D eigenvalue weighted by molar-refractivity contribution is 7.80. The molecule has 0 aromatic carbocycles. The number of nitrogens with zero attached hydrogens (tertiary/aromatic N) is 2. The minimum Gasteiger partial charge on any atom is -0.480 e. The molecule has 0 fully saturated rings. The molecule has 0 aliphatic rings. The van der Waals surface area contributed by atoms with Crippen LogP contribution in [0.2, 0.25) is 0 Å². The molecule has 0 amide bonds. The number of hydrogen-bond donors (Lipinski definition) is 0. The van der Waals surface area contributed by atoms with Gasteiger partial charge >= 0.3 is 0 Å². The molecule has 0 spiro atoms. The molecule has 1 aromatic heterocycles. The fourth-order valence-corrected chi connectivity index (χ4v) is 1.30. The second-order valence-electron chi connectivity index (χ2n) is 3.82. The van der Waals surface area contributed by atoms with Crippen molar-refractivity contribution >= 4 is 17.3 Å². The summed E-state index contributed by atoms with van der Waals surface area (Å²) in [7, 11) is 0. The van der Waals surface area contributed by atoms with Crippen LogP contribution in [0.1, 0.15) is 20.8 Å². The summed E-state index contributed by atoms with van der Waals surface area (Å²) in [5.41, 5.74) is -0.211. The second-order valence-corrected chi connectivity index (χ2v) is 4.28. The van der Waals surface area contributed by atoms with E-state index in [1.807, 2.05) is 31.5 Å². The number of hydrogen-bond acceptors (Lipinski definition) is 3. The standard InChI is InChI=1S/C9H14N2OS/c1-9(2,3)12-8(13)6-11-5-4-10-7-11/h4-5,7H,6H2,1-3H3. The highest BCUT2D eigenvalue weighted by atomic mass is 32.1. The molecule has 0 aliphatic carbocycles. The Morgan fingerprint density at radius 2 is 2.23 bits per heavy atom. The van der Waals surface area contributed by atoms with E-state index in [9.17, 15) is 0 Å². The van der Waals surface area contributed by atoms with E-state index in [-0.39, 0.29) is 5.60 Å². The molecule has 1 heterocycles. The zero-order valence-electron chi connectivity index (χ0n) is 8.15. The predicted octanol–water partition coefficient (Wildman–Crippen LogP) is 2.03. The maximum Gasteiger partial charge on any atom is 0.180 e. The summed E-state index contributed by atoms with van der Waals surface area (Å²) >= 11 is 5.08. The topological polar surface area (TPSA) is 27.1 Å².